The molecule has 5 fully saturated rings. The number of carbonyl (C=O) groups excluding carboxylic acids is 3. The monoisotopic (exact) mass is 805 g/mol. The standard InChI is InChI=1S/C44H52FN9O5/c1-44(14-15-44)59-31-6-8-35-33(23-31)41(50-48-35)28-22-38(49-46-24-28)53-16-12-30(13-17-53)58-29-4-2-27(3-5-29)25-51-18-20-52(21-19-51)36-9-7-32-34(40(36)45)26-54(43(32)57)37-10-11-39(55)47-42(37)56/h6-9,22-24,27,29-30,37H,2-5,10-21,25-26H2,1H3,(H,48,50)(H,47,55,56). The highest BCUT2D eigenvalue weighted by atomic mass is 19.1. The minimum Gasteiger partial charge on any atom is -0.488 e. The van der Waals surface area contributed by atoms with Crippen LogP contribution < -0.4 is 19.9 Å². The molecule has 3 saturated heterocycles. The van der Waals surface area contributed by atoms with E-state index in [1.165, 1.54) is 4.90 Å². The van der Waals surface area contributed by atoms with Crippen LogP contribution in [0.1, 0.15) is 87.1 Å². The van der Waals surface area contributed by atoms with Gasteiger partial charge in [-0.05, 0) is 107 Å². The van der Waals surface area contributed by atoms with Gasteiger partial charge in [-0.1, -0.05) is 0 Å². The molecule has 1 unspecified atom stereocenters. The number of nitrogens with one attached hydrogen (secondary N) is 2. The zero-order chi connectivity index (χ0) is 40.3. The number of anilines is 2. The fourth-order valence-corrected chi connectivity index (χ4v) is 9.80. The molecule has 2 aromatic carbocycles. The van der Waals surface area contributed by atoms with Crippen molar-refractivity contribution in [3.8, 4) is 17.0 Å². The Bertz CT molecular complexity index is 2260. The van der Waals surface area contributed by atoms with Crippen molar-refractivity contribution in [1.29, 1.82) is 0 Å². The molecule has 6 heterocycles. The van der Waals surface area contributed by atoms with E-state index in [-0.39, 0.29) is 48.7 Å². The summed E-state index contributed by atoms with van der Waals surface area (Å²) in [7, 11) is 0. The molecule has 4 aliphatic heterocycles. The summed E-state index contributed by atoms with van der Waals surface area (Å²) in [5.41, 5.74) is 3.86. The third kappa shape index (κ3) is 7.74. The van der Waals surface area contributed by atoms with Gasteiger partial charge in [0.05, 0.1) is 36.2 Å². The number of fused-ring (bicyclic) bond motifs is 2. The summed E-state index contributed by atoms with van der Waals surface area (Å²) in [6.07, 6.45) is 11.3. The number of H-pyrrole nitrogens is 1. The minimum atomic E-state index is -0.758. The van der Waals surface area contributed by atoms with Crippen molar-refractivity contribution in [3.63, 3.8) is 0 Å². The zero-order valence-electron chi connectivity index (χ0n) is 33.6. The van der Waals surface area contributed by atoms with Gasteiger partial charge < -0.3 is 24.2 Å². The molecule has 0 radical (unpaired) electrons. The van der Waals surface area contributed by atoms with Crippen LogP contribution >= 0.6 is 0 Å². The van der Waals surface area contributed by atoms with Gasteiger partial charge in [0.15, 0.2) is 11.6 Å². The van der Waals surface area contributed by atoms with E-state index in [1.54, 1.807) is 18.3 Å². The zero-order valence-corrected chi connectivity index (χ0v) is 33.6. The van der Waals surface area contributed by atoms with E-state index in [1.807, 2.05) is 12.1 Å². The summed E-state index contributed by atoms with van der Waals surface area (Å²) in [5.74, 6) is 0.789. The number of piperazine rings is 1. The Morgan fingerprint density at radius 2 is 1.66 bits per heavy atom. The van der Waals surface area contributed by atoms with E-state index in [0.29, 0.717) is 41.9 Å². The van der Waals surface area contributed by atoms with Crippen LogP contribution in [0.4, 0.5) is 15.9 Å². The SMILES string of the molecule is CC1(Oc2ccc3[nH]nc(-c4cnnc(N5CCC(OC6CCC(CN7CCN(c8ccc9c(c8F)CN(C8CCC(=O)NC8=O)C9=O)CC7)CC6)CC5)c4)c3c2)CC1. The van der Waals surface area contributed by atoms with Gasteiger partial charge in [-0.2, -0.15) is 10.2 Å². The molecule has 3 amide bonds. The molecule has 2 N–H and O–H groups in total. The molecule has 0 bridgehead atoms. The number of carbonyl (C=O) groups is 3. The topological polar surface area (TPSA) is 149 Å². The summed E-state index contributed by atoms with van der Waals surface area (Å²) in [5, 5.41) is 20.0. The van der Waals surface area contributed by atoms with Gasteiger partial charge in [0, 0.05) is 74.3 Å². The number of benzene rings is 2. The van der Waals surface area contributed by atoms with Crippen molar-refractivity contribution < 1.29 is 28.2 Å². The number of aromatic amines is 1. The molecular weight excluding hydrogens is 754 g/mol. The smallest absolute Gasteiger partial charge is 0.255 e. The quantitative estimate of drug-likeness (QED) is 0.204. The maximum absolute atomic E-state index is 15.9. The summed E-state index contributed by atoms with van der Waals surface area (Å²) in [6.45, 7) is 8.11. The van der Waals surface area contributed by atoms with Gasteiger partial charge in [0.2, 0.25) is 11.8 Å². The Balaban J connectivity index is 0.667. The molecule has 59 heavy (non-hydrogen) atoms. The second-order valence-electron chi connectivity index (χ2n) is 17.7. The van der Waals surface area contributed by atoms with Gasteiger partial charge in [-0.15, -0.1) is 5.10 Å². The van der Waals surface area contributed by atoms with Crippen LogP contribution in [0, 0.1) is 11.7 Å². The van der Waals surface area contributed by atoms with Gasteiger partial charge >= 0.3 is 0 Å². The van der Waals surface area contributed by atoms with Crippen LogP contribution in [-0.2, 0) is 20.9 Å². The van der Waals surface area contributed by atoms with Crippen LogP contribution in [0.25, 0.3) is 22.2 Å². The molecule has 310 valence electrons. The number of nitrogens with zero attached hydrogens (tertiary/aromatic N) is 7. The number of piperidine rings is 2. The summed E-state index contributed by atoms with van der Waals surface area (Å²) >= 11 is 0. The number of aromatic nitrogens is 4. The van der Waals surface area contributed by atoms with Gasteiger partial charge in [-0.3, -0.25) is 29.7 Å². The first-order chi connectivity index (χ1) is 28.7. The van der Waals surface area contributed by atoms with Crippen LogP contribution in [0.2, 0.25) is 0 Å². The predicted octanol–water partition coefficient (Wildman–Crippen LogP) is 5.22. The number of rotatable bonds is 10. The Labute approximate surface area is 342 Å². The summed E-state index contributed by atoms with van der Waals surface area (Å²) in [4.78, 5) is 45.5. The predicted molar refractivity (Wildman–Crippen MR) is 219 cm³/mol. The average molecular weight is 806 g/mol. The van der Waals surface area contributed by atoms with E-state index < -0.39 is 11.9 Å². The van der Waals surface area contributed by atoms with E-state index in [4.69, 9.17) is 9.47 Å². The largest absolute Gasteiger partial charge is 0.488 e. The highest BCUT2D eigenvalue weighted by Crippen LogP contribution is 2.41. The molecule has 4 aromatic rings. The Morgan fingerprint density at radius 3 is 2.42 bits per heavy atom. The number of imide groups is 1. The molecule has 2 aromatic heterocycles. The first-order valence-electron chi connectivity index (χ1n) is 21.5. The van der Waals surface area contributed by atoms with E-state index in [9.17, 15) is 14.4 Å². The molecule has 2 saturated carbocycles. The number of hydrogen-bond donors (Lipinski definition) is 2. The first kappa shape index (κ1) is 38.1. The van der Waals surface area contributed by atoms with Crippen molar-refractivity contribution in [2.45, 2.75) is 102 Å². The van der Waals surface area contributed by atoms with Gasteiger partial charge in [0.25, 0.3) is 5.91 Å². The maximum atomic E-state index is 15.9. The molecule has 2 aliphatic carbocycles. The van der Waals surface area contributed by atoms with Crippen LogP contribution in [0.5, 0.6) is 5.75 Å². The average Bonchev–Trinajstić information content (AvgIpc) is 3.66. The molecule has 15 heteroatoms. The second kappa shape index (κ2) is 15.5. The normalized spacial score (nSPS) is 25.1. The third-order valence-electron chi connectivity index (χ3n) is 13.6. The van der Waals surface area contributed by atoms with Crippen LogP contribution in [-0.4, -0.2) is 118 Å². The summed E-state index contributed by atoms with van der Waals surface area (Å²) in [6, 6.07) is 10.8. The number of amides is 3. The van der Waals surface area contributed by atoms with Crippen molar-refractivity contribution in [2.24, 2.45) is 5.92 Å². The maximum Gasteiger partial charge on any atom is 0.255 e. The van der Waals surface area contributed by atoms with Crippen LogP contribution in [0.15, 0.2) is 42.6 Å². The van der Waals surface area contributed by atoms with Crippen molar-refractivity contribution >= 4 is 40.1 Å². The highest BCUT2D eigenvalue weighted by molar-refractivity contribution is 6.05. The fraction of sp³-hybridized carbons (Fsp3) is 0.545. The number of hydrogen-bond acceptors (Lipinski definition) is 11. The lowest BCUT2D eigenvalue weighted by Gasteiger charge is -2.40. The Morgan fingerprint density at radius 1 is 0.881 bits per heavy atom. The third-order valence-corrected chi connectivity index (χ3v) is 13.6. The number of ether oxygens (including phenoxy) is 2. The molecule has 1 atom stereocenters. The Kier molecular flexibility index (Phi) is 9.98. The number of halogens is 1. The Hall–Kier alpha value is -5.15. The van der Waals surface area contributed by atoms with Gasteiger partial charge in [0.1, 0.15) is 23.1 Å². The van der Waals surface area contributed by atoms with E-state index in [2.05, 4.69) is 59.5 Å². The minimum absolute atomic E-state index is 0.0395. The highest BCUT2D eigenvalue weighted by Gasteiger charge is 2.42. The van der Waals surface area contributed by atoms with Crippen molar-refractivity contribution in [3.05, 3.63) is 59.5 Å². The van der Waals surface area contributed by atoms with Crippen molar-refractivity contribution in [2.75, 3.05) is 55.6 Å². The fourth-order valence-electron chi connectivity index (χ4n) is 9.80. The molecular formula is C44H52FN9O5. The lowest BCUT2D eigenvalue weighted by Crippen LogP contribution is -2.52. The van der Waals surface area contributed by atoms with E-state index in [0.717, 1.165) is 118 Å². The molecule has 10 rings (SSSR count). The lowest BCUT2D eigenvalue weighted by atomic mass is 9.86. The van der Waals surface area contributed by atoms with Crippen LogP contribution in [0.3, 0.4) is 0 Å². The second-order valence-corrected chi connectivity index (χ2v) is 17.7. The summed E-state index contributed by atoms with van der Waals surface area (Å²) < 4.78 is 28.9. The molecule has 14 nitrogen and oxygen atoms in total. The van der Waals surface area contributed by atoms with Gasteiger partial charge in [-0.25, -0.2) is 4.39 Å². The molecule has 0 spiro atoms. The lowest BCUT2D eigenvalue weighted by molar-refractivity contribution is -0.136. The first-order valence-corrected chi connectivity index (χ1v) is 21.5. The van der Waals surface area contributed by atoms with Crippen molar-refractivity contribution in [1.82, 2.24) is 35.5 Å². The molecule has 6 aliphatic rings. The van der Waals surface area contributed by atoms with E-state index >= 15 is 4.39 Å².